The van der Waals surface area contributed by atoms with E-state index in [0.717, 1.165) is 18.1 Å². The van der Waals surface area contributed by atoms with Gasteiger partial charge >= 0.3 is 0 Å². The number of rotatable bonds is 7. The van der Waals surface area contributed by atoms with Crippen molar-refractivity contribution >= 4 is 23.5 Å². The molecule has 2 N–H and O–H groups in total. The van der Waals surface area contributed by atoms with Crippen LogP contribution in [-0.4, -0.2) is 36.0 Å². The van der Waals surface area contributed by atoms with E-state index >= 15 is 0 Å². The number of pyridine rings is 1. The molecule has 0 aliphatic carbocycles. The average molecular weight is 267 g/mol. The van der Waals surface area contributed by atoms with E-state index in [-0.39, 0.29) is 5.91 Å². The molecule has 0 bridgehead atoms. The van der Waals surface area contributed by atoms with Crippen molar-refractivity contribution in [2.45, 2.75) is 13.8 Å². The van der Waals surface area contributed by atoms with Crippen molar-refractivity contribution in [1.29, 1.82) is 0 Å². The van der Waals surface area contributed by atoms with Gasteiger partial charge in [0, 0.05) is 24.8 Å². The first-order valence-corrected chi connectivity index (χ1v) is 7.53. The lowest BCUT2D eigenvalue weighted by Crippen LogP contribution is -2.29. The molecule has 1 aromatic rings. The lowest BCUT2D eigenvalue weighted by molar-refractivity contribution is 0.0949. The minimum Gasteiger partial charge on any atom is -0.370 e. The van der Waals surface area contributed by atoms with Gasteiger partial charge in [0.05, 0.1) is 0 Å². The minimum absolute atomic E-state index is 0.0375. The number of nitrogens with one attached hydrogen (secondary N) is 2. The van der Waals surface area contributed by atoms with Gasteiger partial charge in [-0.2, -0.15) is 11.8 Å². The Kier molecular flexibility index (Phi) is 6.57. The molecule has 1 aromatic heterocycles. The molecule has 0 aliphatic heterocycles. The van der Waals surface area contributed by atoms with Gasteiger partial charge in [0.1, 0.15) is 5.82 Å². The van der Waals surface area contributed by atoms with Crippen LogP contribution in [0.4, 0.5) is 5.82 Å². The van der Waals surface area contributed by atoms with Crippen LogP contribution < -0.4 is 10.6 Å². The van der Waals surface area contributed by atoms with Gasteiger partial charge < -0.3 is 10.6 Å². The Morgan fingerprint density at radius 1 is 1.56 bits per heavy atom. The molecule has 0 spiro atoms. The Bertz CT molecular complexity index is 384. The highest BCUT2D eigenvalue weighted by Crippen LogP contribution is 2.07. The molecule has 5 heteroatoms. The van der Waals surface area contributed by atoms with Crippen LogP contribution >= 0.6 is 11.8 Å². The Labute approximate surface area is 113 Å². The predicted molar refractivity (Wildman–Crippen MR) is 78.3 cm³/mol. The van der Waals surface area contributed by atoms with Crippen LogP contribution in [-0.2, 0) is 0 Å². The number of anilines is 1. The molecule has 0 aromatic carbocycles. The summed E-state index contributed by atoms with van der Waals surface area (Å²) in [6.45, 7) is 5.63. The second-order valence-electron chi connectivity index (χ2n) is 4.23. The van der Waals surface area contributed by atoms with E-state index in [1.54, 1.807) is 30.1 Å². The number of hydrogen-bond donors (Lipinski definition) is 2. The summed E-state index contributed by atoms with van der Waals surface area (Å²) in [6.07, 6.45) is 3.72. The number of carbonyl (C=O) groups excluding carboxylic acids is 1. The summed E-state index contributed by atoms with van der Waals surface area (Å²) in [5.74, 6) is 2.24. The first kappa shape index (κ1) is 14.8. The van der Waals surface area contributed by atoms with Crippen molar-refractivity contribution in [2.75, 3.05) is 30.4 Å². The van der Waals surface area contributed by atoms with Crippen LogP contribution in [0, 0.1) is 5.92 Å². The van der Waals surface area contributed by atoms with E-state index in [1.807, 2.05) is 6.92 Å². The smallest absolute Gasteiger partial charge is 0.251 e. The molecule has 0 radical (unpaired) electrons. The van der Waals surface area contributed by atoms with E-state index < -0.39 is 0 Å². The maximum Gasteiger partial charge on any atom is 0.251 e. The summed E-state index contributed by atoms with van der Waals surface area (Å²) in [7, 11) is 0. The number of aromatic nitrogens is 1. The fourth-order valence-electron chi connectivity index (χ4n) is 1.56. The molecule has 18 heavy (non-hydrogen) atoms. The second kappa shape index (κ2) is 7.97. The molecule has 1 rings (SSSR count). The topological polar surface area (TPSA) is 54.0 Å². The lowest BCUT2D eigenvalue weighted by Gasteiger charge is -2.11. The monoisotopic (exact) mass is 267 g/mol. The quantitative estimate of drug-likeness (QED) is 0.795. The van der Waals surface area contributed by atoms with Crippen molar-refractivity contribution in [3.05, 3.63) is 23.9 Å². The van der Waals surface area contributed by atoms with Gasteiger partial charge in [-0.05, 0) is 37.0 Å². The van der Waals surface area contributed by atoms with Crippen molar-refractivity contribution in [1.82, 2.24) is 10.3 Å². The predicted octanol–water partition coefficient (Wildman–Crippen LogP) is 2.24. The van der Waals surface area contributed by atoms with Gasteiger partial charge in [0.15, 0.2) is 0 Å². The molecular formula is C13H21N3OS. The van der Waals surface area contributed by atoms with E-state index in [0.29, 0.717) is 18.0 Å². The highest BCUT2D eigenvalue weighted by molar-refractivity contribution is 7.98. The van der Waals surface area contributed by atoms with Crippen LogP contribution in [0.3, 0.4) is 0 Å². The zero-order valence-electron chi connectivity index (χ0n) is 11.2. The first-order chi connectivity index (χ1) is 8.67. The van der Waals surface area contributed by atoms with Crippen molar-refractivity contribution in [3.8, 4) is 0 Å². The van der Waals surface area contributed by atoms with Crippen molar-refractivity contribution < 1.29 is 4.79 Å². The third-order valence-corrected chi connectivity index (χ3v) is 3.34. The second-order valence-corrected chi connectivity index (χ2v) is 5.14. The standard InChI is InChI=1S/C13H21N3OS/c1-4-14-12-7-11(5-6-15-12)13(17)16-8-10(2)9-18-3/h5-7,10H,4,8-9H2,1-3H3,(H,14,15)(H,16,17). The van der Waals surface area contributed by atoms with Crippen LogP contribution in [0.2, 0.25) is 0 Å². The Hall–Kier alpha value is -1.23. The summed E-state index contributed by atoms with van der Waals surface area (Å²) in [6, 6.07) is 3.51. The molecule has 4 nitrogen and oxygen atoms in total. The highest BCUT2D eigenvalue weighted by Gasteiger charge is 2.08. The van der Waals surface area contributed by atoms with Crippen LogP contribution in [0.25, 0.3) is 0 Å². The Morgan fingerprint density at radius 3 is 3.00 bits per heavy atom. The minimum atomic E-state index is -0.0375. The van der Waals surface area contributed by atoms with Crippen LogP contribution in [0.5, 0.6) is 0 Å². The van der Waals surface area contributed by atoms with E-state index in [1.165, 1.54) is 0 Å². The molecule has 1 unspecified atom stereocenters. The summed E-state index contributed by atoms with van der Waals surface area (Å²) in [5, 5.41) is 6.04. The third kappa shape index (κ3) is 4.96. The third-order valence-electron chi connectivity index (χ3n) is 2.44. The number of hydrogen-bond acceptors (Lipinski definition) is 4. The van der Waals surface area contributed by atoms with Crippen LogP contribution in [0.15, 0.2) is 18.3 Å². The zero-order valence-corrected chi connectivity index (χ0v) is 12.0. The van der Waals surface area contributed by atoms with Gasteiger partial charge in [-0.25, -0.2) is 4.98 Å². The molecular weight excluding hydrogens is 246 g/mol. The number of amides is 1. The molecule has 100 valence electrons. The fraction of sp³-hybridized carbons (Fsp3) is 0.538. The van der Waals surface area contributed by atoms with Gasteiger partial charge in [0.2, 0.25) is 0 Å². The maximum absolute atomic E-state index is 11.9. The summed E-state index contributed by atoms with van der Waals surface area (Å²) in [4.78, 5) is 16.1. The first-order valence-electron chi connectivity index (χ1n) is 6.14. The molecule has 1 atom stereocenters. The summed E-state index contributed by atoms with van der Waals surface area (Å²) >= 11 is 1.79. The number of nitrogens with zero attached hydrogens (tertiary/aromatic N) is 1. The molecule has 1 heterocycles. The van der Waals surface area contributed by atoms with E-state index in [2.05, 4.69) is 28.8 Å². The van der Waals surface area contributed by atoms with E-state index in [4.69, 9.17) is 0 Å². The average Bonchev–Trinajstić information content (AvgIpc) is 2.37. The fourth-order valence-corrected chi connectivity index (χ4v) is 2.25. The number of carbonyl (C=O) groups is 1. The van der Waals surface area contributed by atoms with E-state index in [9.17, 15) is 4.79 Å². The van der Waals surface area contributed by atoms with Crippen molar-refractivity contribution in [3.63, 3.8) is 0 Å². The summed E-state index contributed by atoms with van der Waals surface area (Å²) < 4.78 is 0. The van der Waals surface area contributed by atoms with Gasteiger partial charge in [-0.15, -0.1) is 0 Å². The normalized spacial score (nSPS) is 11.9. The van der Waals surface area contributed by atoms with Gasteiger partial charge in [-0.1, -0.05) is 6.92 Å². The molecule has 0 aliphatic rings. The Balaban J connectivity index is 2.53. The highest BCUT2D eigenvalue weighted by atomic mass is 32.2. The van der Waals surface area contributed by atoms with Gasteiger partial charge in [-0.3, -0.25) is 4.79 Å². The molecule has 0 saturated carbocycles. The van der Waals surface area contributed by atoms with Gasteiger partial charge in [0.25, 0.3) is 5.91 Å². The largest absolute Gasteiger partial charge is 0.370 e. The maximum atomic E-state index is 11.9. The van der Waals surface area contributed by atoms with Crippen LogP contribution in [0.1, 0.15) is 24.2 Å². The van der Waals surface area contributed by atoms with Crippen molar-refractivity contribution in [2.24, 2.45) is 5.92 Å². The lowest BCUT2D eigenvalue weighted by atomic mass is 10.2. The molecule has 0 saturated heterocycles. The SMILES string of the molecule is CCNc1cc(C(=O)NCC(C)CSC)ccn1. The number of thioether (sulfide) groups is 1. The zero-order chi connectivity index (χ0) is 13.4. The molecule has 1 amide bonds. The molecule has 0 fully saturated rings. The Morgan fingerprint density at radius 2 is 2.33 bits per heavy atom. The summed E-state index contributed by atoms with van der Waals surface area (Å²) in [5.41, 5.74) is 0.650.